The molecule has 0 heterocycles. The summed E-state index contributed by atoms with van der Waals surface area (Å²) in [5.41, 5.74) is 1.11. The minimum Gasteiger partial charge on any atom is -0.309 e. The van der Waals surface area contributed by atoms with Gasteiger partial charge in [0.1, 0.15) is 0 Å². The van der Waals surface area contributed by atoms with Crippen molar-refractivity contribution in [3.63, 3.8) is 0 Å². The Morgan fingerprint density at radius 1 is 0.176 bits per heavy atom. The molecule has 8 heteroatoms. The van der Waals surface area contributed by atoms with Gasteiger partial charge < -0.3 is 18.3 Å². The Balaban J connectivity index is 1.36. The van der Waals surface area contributed by atoms with Crippen molar-refractivity contribution in [2.45, 2.75) is 0 Å². The molecule has 0 fully saturated rings. The van der Waals surface area contributed by atoms with Gasteiger partial charge in [-0.05, 0) is 23.3 Å². The van der Waals surface area contributed by atoms with Crippen molar-refractivity contribution in [3.05, 3.63) is 279 Å². The van der Waals surface area contributed by atoms with Crippen LogP contribution in [0.4, 0.5) is 0 Å². The summed E-state index contributed by atoms with van der Waals surface area (Å²) >= 11 is 0. The summed E-state index contributed by atoms with van der Waals surface area (Å²) in [6.07, 6.45) is 0. The summed E-state index contributed by atoms with van der Waals surface area (Å²) < 4.78 is 66.7. The van der Waals surface area contributed by atoms with Crippen molar-refractivity contribution in [3.8, 4) is 11.1 Å². The summed E-state index contributed by atoms with van der Waals surface area (Å²) in [6, 6.07) is 87.0. The third kappa shape index (κ3) is 7.89. The molecule has 0 atom stereocenters. The molecule has 68 heavy (non-hydrogen) atoms. The van der Waals surface area contributed by atoms with Crippen LogP contribution in [-0.2, 0) is 18.3 Å². The molecule has 0 aliphatic heterocycles. The van der Waals surface area contributed by atoms with Gasteiger partial charge in [0.05, 0.1) is 0 Å². The summed E-state index contributed by atoms with van der Waals surface area (Å²) in [4.78, 5) is 0. The van der Waals surface area contributed by atoms with Crippen molar-refractivity contribution in [1.29, 1.82) is 0 Å². The molecule has 0 aromatic heterocycles. The zero-order chi connectivity index (χ0) is 46.6. The van der Waals surface area contributed by atoms with Crippen LogP contribution in [0.15, 0.2) is 279 Å². The third-order valence-corrected chi connectivity index (χ3v) is 24.9. The van der Waals surface area contributed by atoms with Gasteiger partial charge in [0.2, 0.25) is 0 Å². The van der Waals surface area contributed by atoms with E-state index in [1.54, 1.807) is 0 Å². The Labute approximate surface area is 398 Å². The molecule has 0 spiro atoms. The monoisotopic (exact) mass is 954 g/mol. The first-order valence-corrected chi connectivity index (χ1v) is 29.3. The maximum absolute atomic E-state index is 17.1. The van der Waals surface area contributed by atoms with Crippen LogP contribution in [0.1, 0.15) is 0 Å². The summed E-state index contributed by atoms with van der Waals surface area (Å²) in [7, 11) is -15.0. The van der Waals surface area contributed by atoms with E-state index in [0.29, 0.717) is 74.8 Å². The zero-order valence-electron chi connectivity index (χ0n) is 37.0. The molecule has 330 valence electrons. The number of benzene rings is 10. The van der Waals surface area contributed by atoms with Crippen LogP contribution in [0, 0.1) is 0 Å². The van der Waals surface area contributed by atoms with E-state index in [1.807, 2.05) is 279 Å². The highest BCUT2D eigenvalue weighted by atomic mass is 31.2. The highest BCUT2D eigenvalue weighted by Gasteiger charge is 2.40. The highest BCUT2D eigenvalue weighted by Crippen LogP contribution is 2.52. The topological polar surface area (TPSA) is 68.3 Å². The lowest BCUT2D eigenvalue weighted by Crippen LogP contribution is -2.34. The van der Waals surface area contributed by atoms with Crippen molar-refractivity contribution >= 4 is 92.2 Å². The molecule has 0 bridgehead atoms. The molecule has 10 aromatic rings. The van der Waals surface area contributed by atoms with Gasteiger partial charge in [-0.25, -0.2) is 0 Å². The first-order valence-electron chi connectivity index (χ1n) is 22.4. The van der Waals surface area contributed by atoms with Crippen molar-refractivity contribution in [2.24, 2.45) is 0 Å². The number of hydrogen-bond donors (Lipinski definition) is 0. The molecule has 0 radical (unpaired) electrons. The largest absolute Gasteiger partial charge is 0.309 e. The number of rotatable bonds is 13. The van der Waals surface area contributed by atoms with Crippen LogP contribution in [-0.4, -0.2) is 0 Å². The fraction of sp³-hybridized carbons (Fsp3) is 0. The lowest BCUT2D eigenvalue weighted by molar-refractivity contribution is 0.591. The summed E-state index contributed by atoms with van der Waals surface area (Å²) in [5, 5.41) is 6.79. The van der Waals surface area contributed by atoms with Crippen molar-refractivity contribution in [1.82, 2.24) is 0 Å². The zero-order valence-corrected chi connectivity index (χ0v) is 40.6. The van der Waals surface area contributed by atoms with E-state index in [2.05, 4.69) is 0 Å². The maximum atomic E-state index is 17.1. The second kappa shape index (κ2) is 19.0. The second-order valence-corrected chi connectivity index (χ2v) is 27.5. The average Bonchev–Trinajstić information content (AvgIpc) is 3.43. The van der Waals surface area contributed by atoms with Gasteiger partial charge in [-0.3, -0.25) is 0 Å². The van der Waals surface area contributed by atoms with E-state index in [0.717, 1.165) is 0 Å². The van der Waals surface area contributed by atoms with E-state index >= 15 is 18.3 Å². The first-order chi connectivity index (χ1) is 33.3. The Morgan fingerprint density at radius 2 is 0.353 bits per heavy atom. The van der Waals surface area contributed by atoms with Crippen LogP contribution < -0.4 is 63.7 Å². The van der Waals surface area contributed by atoms with Gasteiger partial charge in [-0.15, -0.1) is 0 Å². The summed E-state index contributed by atoms with van der Waals surface area (Å²) in [6.45, 7) is 0. The van der Waals surface area contributed by atoms with Crippen LogP contribution in [0.25, 0.3) is 11.1 Å². The standard InChI is InChI=1S/C60H46O4P4/c61-65(47-25-9-1-10-26-47,48-27-11-2-12-28-48)55-41-43-57(59(45-55)67(63,51-33-17-5-18-34-51)52-35-19-6-20-36-52)58-44-42-56(66(62,49-29-13-3-14-30-49)50-31-15-4-16-32-50)46-60(58)68(64,53-37-21-7-22-38-53)54-39-23-8-24-40-54/h1-46H. The minimum absolute atomic E-state index is 0.440. The SMILES string of the molecule is O=P(c1ccccc1)(c1ccccc1)c1ccc(-c2ccc(P(=O)(c3ccccc3)c3ccccc3)cc2P(=O)(c2ccccc2)c2ccccc2)c(P(=O)(c2ccccc2)c2ccccc2)c1. The second-order valence-electron chi connectivity index (χ2n) is 16.5. The lowest BCUT2D eigenvalue weighted by atomic mass is 10.1. The van der Waals surface area contributed by atoms with E-state index in [1.165, 1.54) is 0 Å². The van der Waals surface area contributed by atoms with Gasteiger partial charge in [0, 0.05) is 63.7 Å². The van der Waals surface area contributed by atoms with Gasteiger partial charge in [0.25, 0.3) is 0 Å². The van der Waals surface area contributed by atoms with Gasteiger partial charge in [-0.2, -0.15) is 0 Å². The van der Waals surface area contributed by atoms with E-state index in [4.69, 9.17) is 0 Å². The van der Waals surface area contributed by atoms with Crippen LogP contribution >= 0.6 is 28.6 Å². The summed E-state index contributed by atoms with van der Waals surface area (Å²) in [5.74, 6) is 0. The fourth-order valence-corrected chi connectivity index (χ4v) is 20.6. The third-order valence-electron chi connectivity index (χ3n) is 12.6. The Bertz CT molecular complexity index is 3130. The number of hydrogen-bond acceptors (Lipinski definition) is 4. The highest BCUT2D eigenvalue weighted by molar-refractivity contribution is 7.88. The predicted molar refractivity (Wildman–Crippen MR) is 289 cm³/mol. The molecule has 0 amide bonds. The minimum atomic E-state index is -3.88. The van der Waals surface area contributed by atoms with Gasteiger partial charge in [-0.1, -0.05) is 267 Å². The fourth-order valence-electron chi connectivity index (χ4n) is 9.26. The Morgan fingerprint density at radius 3 is 0.544 bits per heavy atom. The maximum Gasteiger partial charge on any atom is 0.171 e. The van der Waals surface area contributed by atoms with Crippen molar-refractivity contribution < 1.29 is 18.3 Å². The molecule has 4 nitrogen and oxygen atoms in total. The molecule has 10 aromatic carbocycles. The molecule has 0 aliphatic carbocycles. The van der Waals surface area contributed by atoms with Crippen LogP contribution in [0.3, 0.4) is 0 Å². The molecule has 0 saturated heterocycles. The lowest BCUT2D eigenvalue weighted by Gasteiger charge is -2.29. The Hall–Kier alpha value is -6.88. The molecule has 0 unspecified atom stereocenters. The van der Waals surface area contributed by atoms with E-state index < -0.39 is 28.6 Å². The van der Waals surface area contributed by atoms with E-state index in [9.17, 15) is 0 Å². The van der Waals surface area contributed by atoms with E-state index in [-0.39, 0.29) is 0 Å². The van der Waals surface area contributed by atoms with Gasteiger partial charge in [0.15, 0.2) is 28.6 Å². The van der Waals surface area contributed by atoms with Crippen LogP contribution in [0.5, 0.6) is 0 Å². The van der Waals surface area contributed by atoms with Crippen LogP contribution in [0.2, 0.25) is 0 Å². The predicted octanol–water partition coefficient (Wildman–Crippen LogP) is 9.91. The smallest absolute Gasteiger partial charge is 0.171 e. The Kier molecular flexibility index (Phi) is 12.6. The molecular weight excluding hydrogens is 909 g/mol. The quantitative estimate of drug-likeness (QED) is 0.108. The van der Waals surface area contributed by atoms with Crippen molar-refractivity contribution in [2.75, 3.05) is 0 Å². The molecule has 0 aliphatic rings. The normalized spacial score (nSPS) is 12.1. The first kappa shape index (κ1) is 44.9. The molecule has 10 rings (SSSR count). The molecule has 0 saturated carbocycles. The molecular formula is C60H46O4P4. The van der Waals surface area contributed by atoms with Gasteiger partial charge >= 0.3 is 0 Å². The average molecular weight is 955 g/mol. The molecule has 0 N–H and O–H groups in total.